The summed E-state index contributed by atoms with van der Waals surface area (Å²) in [6.45, 7) is 0.176. The van der Waals surface area contributed by atoms with E-state index in [2.05, 4.69) is 10.6 Å². The van der Waals surface area contributed by atoms with E-state index in [9.17, 15) is 19.5 Å². The Morgan fingerprint density at radius 3 is 2.30 bits per heavy atom. The molecule has 1 fully saturated rings. The molecule has 0 atom stereocenters. The first-order valence-electron chi connectivity index (χ1n) is 7.91. The van der Waals surface area contributed by atoms with Crippen molar-refractivity contribution in [3.8, 4) is 0 Å². The van der Waals surface area contributed by atoms with E-state index < -0.39 is 11.5 Å². The van der Waals surface area contributed by atoms with Gasteiger partial charge in [0.1, 0.15) is 5.54 Å². The van der Waals surface area contributed by atoms with Gasteiger partial charge >= 0.3 is 5.97 Å². The molecule has 2 amide bonds. The Bertz CT molecular complexity index is 565. The number of hydrogen-bond acceptors (Lipinski definition) is 3. The predicted octanol–water partition coefficient (Wildman–Crippen LogP) is 1.71. The van der Waals surface area contributed by atoms with E-state index in [0.717, 1.165) is 19.3 Å². The minimum atomic E-state index is -1.14. The number of carbonyl (C=O) groups is 3. The lowest BCUT2D eigenvalue weighted by molar-refractivity contribution is -0.149. The average molecular weight is 318 g/mol. The first kappa shape index (κ1) is 17.0. The van der Waals surface area contributed by atoms with Crippen LogP contribution in [0.4, 0.5) is 0 Å². The zero-order chi connectivity index (χ0) is 16.7. The maximum Gasteiger partial charge on any atom is 0.329 e. The molecule has 3 N–H and O–H groups in total. The van der Waals surface area contributed by atoms with Crippen molar-refractivity contribution in [1.82, 2.24) is 10.6 Å². The van der Waals surface area contributed by atoms with E-state index >= 15 is 0 Å². The Hall–Kier alpha value is -2.37. The molecule has 0 spiro atoms. The van der Waals surface area contributed by atoms with Crippen LogP contribution in [0.2, 0.25) is 0 Å². The van der Waals surface area contributed by atoms with Crippen molar-refractivity contribution >= 4 is 17.8 Å². The lowest BCUT2D eigenvalue weighted by Crippen LogP contribution is -2.55. The van der Waals surface area contributed by atoms with Crippen LogP contribution in [-0.4, -0.2) is 35.0 Å². The second kappa shape index (κ2) is 7.76. The highest BCUT2D eigenvalue weighted by Crippen LogP contribution is 2.28. The standard InChI is InChI=1S/C17H22N2O4/c20-14(19-17(16(22)23)10-5-2-6-11-17)9-12-18-15(21)13-7-3-1-4-8-13/h1,3-4,7-8H,2,5-6,9-12H2,(H,18,21)(H,19,20)(H,22,23). The van der Waals surface area contributed by atoms with E-state index in [1.54, 1.807) is 24.3 Å². The van der Waals surface area contributed by atoms with Crippen molar-refractivity contribution in [2.75, 3.05) is 6.54 Å². The number of rotatable bonds is 6. The molecule has 2 rings (SSSR count). The van der Waals surface area contributed by atoms with Crippen LogP contribution in [0.3, 0.4) is 0 Å². The van der Waals surface area contributed by atoms with Gasteiger partial charge in [0.2, 0.25) is 5.91 Å². The second-order valence-corrected chi connectivity index (χ2v) is 5.87. The average Bonchev–Trinajstić information content (AvgIpc) is 2.56. The van der Waals surface area contributed by atoms with Gasteiger partial charge in [-0.1, -0.05) is 37.5 Å². The summed E-state index contributed by atoms with van der Waals surface area (Å²) in [5.41, 5.74) is -0.610. The van der Waals surface area contributed by atoms with Crippen molar-refractivity contribution in [2.45, 2.75) is 44.1 Å². The number of benzene rings is 1. The first-order valence-corrected chi connectivity index (χ1v) is 7.91. The summed E-state index contributed by atoms with van der Waals surface area (Å²) < 4.78 is 0. The van der Waals surface area contributed by atoms with E-state index in [0.29, 0.717) is 18.4 Å². The third-order valence-corrected chi connectivity index (χ3v) is 4.17. The van der Waals surface area contributed by atoms with Gasteiger partial charge in [-0.3, -0.25) is 9.59 Å². The lowest BCUT2D eigenvalue weighted by atomic mass is 9.81. The molecule has 6 heteroatoms. The monoisotopic (exact) mass is 318 g/mol. The highest BCUT2D eigenvalue weighted by molar-refractivity contribution is 5.94. The molecule has 1 saturated carbocycles. The van der Waals surface area contributed by atoms with Crippen LogP contribution in [0.15, 0.2) is 30.3 Å². The first-order chi connectivity index (χ1) is 11.0. The molecular formula is C17H22N2O4. The predicted molar refractivity (Wildman–Crippen MR) is 85.0 cm³/mol. The number of aliphatic carboxylic acids is 1. The highest BCUT2D eigenvalue weighted by Gasteiger charge is 2.40. The molecule has 1 aliphatic rings. The summed E-state index contributed by atoms with van der Waals surface area (Å²) in [5, 5.41) is 14.7. The molecule has 0 bridgehead atoms. The van der Waals surface area contributed by atoms with Crippen LogP contribution >= 0.6 is 0 Å². The van der Waals surface area contributed by atoms with Gasteiger partial charge in [0.25, 0.3) is 5.91 Å². The summed E-state index contributed by atoms with van der Waals surface area (Å²) in [4.78, 5) is 35.4. The topological polar surface area (TPSA) is 95.5 Å². The Kier molecular flexibility index (Phi) is 5.73. The van der Waals surface area contributed by atoms with Crippen LogP contribution in [0.25, 0.3) is 0 Å². The van der Waals surface area contributed by atoms with E-state index in [-0.39, 0.29) is 24.8 Å². The Morgan fingerprint density at radius 1 is 1.04 bits per heavy atom. The smallest absolute Gasteiger partial charge is 0.329 e. The number of carboxylic acids is 1. The van der Waals surface area contributed by atoms with E-state index in [4.69, 9.17) is 0 Å². The minimum Gasteiger partial charge on any atom is -0.480 e. The van der Waals surface area contributed by atoms with Crippen molar-refractivity contribution in [3.63, 3.8) is 0 Å². The zero-order valence-corrected chi connectivity index (χ0v) is 13.0. The van der Waals surface area contributed by atoms with Gasteiger partial charge in [0.15, 0.2) is 0 Å². The van der Waals surface area contributed by atoms with Gasteiger partial charge in [-0.05, 0) is 25.0 Å². The maximum absolute atomic E-state index is 12.0. The molecule has 0 radical (unpaired) electrons. The molecule has 6 nitrogen and oxygen atoms in total. The Morgan fingerprint density at radius 2 is 1.70 bits per heavy atom. The molecule has 0 aromatic heterocycles. The van der Waals surface area contributed by atoms with Gasteiger partial charge in [0, 0.05) is 18.5 Å². The molecule has 0 unspecified atom stereocenters. The van der Waals surface area contributed by atoms with Gasteiger partial charge in [-0.2, -0.15) is 0 Å². The van der Waals surface area contributed by atoms with Crippen LogP contribution in [0, 0.1) is 0 Å². The number of carbonyl (C=O) groups excluding carboxylic acids is 2. The Labute approximate surface area is 135 Å². The number of carboxylic acid groups (broad SMARTS) is 1. The maximum atomic E-state index is 12.0. The zero-order valence-electron chi connectivity index (χ0n) is 13.0. The molecular weight excluding hydrogens is 296 g/mol. The molecule has 0 heterocycles. The van der Waals surface area contributed by atoms with Gasteiger partial charge in [0.05, 0.1) is 0 Å². The molecule has 124 valence electrons. The summed E-state index contributed by atoms with van der Waals surface area (Å²) >= 11 is 0. The molecule has 1 aliphatic carbocycles. The van der Waals surface area contributed by atoms with Gasteiger partial charge in [-0.15, -0.1) is 0 Å². The SMILES string of the molecule is O=C(CCNC(=O)c1ccccc1)NC1(C(=O)O)CCCCC1. The third-order valence-electron chi connectivity index (χ3n) is 4.17. The normalized spacial score (nSPS) is 16.3. The van der Waals surface area contributed by atoms with Crippen LogP contribution < -0.4 is 10.6 Å². The summed E-state index contributed by atoms with van der Waals surface area (Å²) in [7, 11) is 0. The number of nitrogens with one attached hydrogen (secondary N) is 2. The fraction of sp³-hybridized carbons (Fsp3) is 0.471. The fourth-order valence-electron chi connectivity index (χ4n) is 2.86. The summed E-state index contributed by atoms with van der Waals surface area (Å²) in [6.07, 6.45) is 3.59. The fourth-order valence-corrected chi connectivity index (χ4v) is 2.86. The van der Waals surface area contributed by atoms with Crippen molar-refractivity contribution in [3.05, 3.63) is 35.9 Å². The van der Waals surface area contributed by atoms with Crippen molar-refractivity contribution in [1.29, 1.82) is 0 Å². The second-order valence-electron chi connectivity index (χ2n) is 5.87. The van der Waals surface area contributed by atoms with Gasteiger partial charge < -0.3 is 15.7 Å². The van der Waals surface area contributed by atoms with Crippen LogP contribution in [-0.2, 0) is 9.59 Å². The molecule has 0 aliphatic heterocycles. The quantitative estimate of drug-likeness (QED) is 0.744. The lowest BCUT2D eigenvalue weighted by Gasteiger charge is -2.34. The molecule has 0 saturated heterocycles. The van der Waals surface area contributed by atoms with Crippen molar-refractivity contribution < 1.29 is 19.5 Å². The van der Waals surface area contributed by atoms with Crippen molar-refractivity contribution in [2.24, 2.45) is 0 Å². The minimum absolute atomic E-state index is 0.0631. The van der Waals surface area contributed by atoms with E-state index in [1.807, 2.05) is 6.07 Å². The third kappa shape index (κ3) is 4.55. The molecule has 1 aromatic carbocycles. The Balaban J connectivity index is 1.80. The largest absolute Gasteiger partial charge is 0.480 e. The van der Waals surface area contributed by atoms with Crippen LogP contribution in [0.1, 0.15) is 48.9 Å². The highest BCUT2D eigenvalue weighted by atomic mass is 16.4. The van der Waals surface area contributed by atoms with E-state index in [1.165, 1.54) is 0 Å². The van der Waals surface area contributed by atoms with Crippen LogP contribution in [0.5, 0.6) is 0 Å². The van der Waals surface area contributed by atoms with Gasteiger partial charge in [-0.25, -0.2) is 4.79 Å². The molecule has 1 aromatic rings. The number of amides is 2. The number of hydrogen-bond donors (Lipinski definition) is 3. The summed E-state index contributed by atoms with van der Waals surface area (Å²) in [6, 6.07) is 8.73. The summed E-state index contributed by atoms with van der Waals surface area (Å²) in [5.74, 6) is -1.56. The molecule has 23 heavy (non-hydrogen) atoms.